The molecule has 5 aromatic carbocycles. The van der Waals surface area contributed by atoms with Gasteiger partial charge in [-0.3, -0.25) is 4.98 Å². The molecule has 0 amide bonds. The lowest BCUT2D eigenvalue weighted by atomic mass is 9.84. The molecule has 6 aromatic rings. The summed E-state index contributed by atoms with van der Waals surface area (Å²) in [4.78, 5) is 5.14. The van der Waals surface area contributed by atoms with E-state index in [1.165, 1.54) is 0 Å². The molecule has 196 valence electrons. The second kappa shape index (κ2) is 9.56. The zero-order valence-corrected chi connectivity index (χ0v) is 23.4. The van der Waals surface area contributed by atoms with E-state index in [4.69, 9.17) is 16.6 Å². The molecule has 0 fully saturated rings. The van der Waals surface area contributed by atoms with E-state index in [2.05, 4.69) is 18.2 Å². The van der Waals surface area contributed by atoms with Crippen molar-refractivity contribution in [1.29, 1.82) is 0 Å². The number of benzene rings is 5. The van der Waals surface area contributed by atoms with Crippen LogP contribution in [-0.2, 0) is 23.1 Å². The Morgan fingerprint density at radius 3 is 2.05 bits per heavy atom. The van der Waals surface area contributed by atoms with Crippen molar-refractivity contribution < 1.29 is 8.42 Å². The van der Waals surface area contributed by atoms with Crippen LogP contribution in [0.25, 0.3) is 43.9 Å². The average molecular weight is 561 g/mol. The van der Waals surface area contributed by atoms with E-state index in [-0.39, 0.29) is 13.1 Å². The summed E-state index contributed by atoms with van der Waals surface area (Å²) in [6.45, 7) is 2.51. The zero-order chi connectivity index (χ0) is 27.4. The fourth-order valence-electron chi connectivity index (χ4n) is 5.87. The molecular weight excluding hydrogens is 536 g/mol. The Kier molecular flexibility index (Phi) is 5.97. The van der Waals surface area contributed by atoms with Crippen LogP contribution in [0.3, 0.4) is 0 Å². The lowest BCUT2D eigenvalue weighted by Gasteiger charge is -2.20. The summed E-state index contributed by atoms with van der Waals surface area (Å²) in [5.41, 5.74) is 8.04. The Morgan fingerprint density at radius 1 is 0.700 bits per heavy atom. The zero-order valence-electron chi connectivity index (χ0n) is 21.8. The molecule has 4 nitrogen and oxygen atoms in total. The van der Waals surface area contributed by atoms with Gasteiger partial charge in [0, 0.05) is 40.5 Å². The largest absolute Gasteiger partial charge is 0.256 e. The summed E-state index contributed by atoms with van der Waals surface area (Å²) < 4.78 is 29.5. The van der Waals surface area contributed by atoms with Gasteiger partial charge in [0.15, 0.2) is 0 Å². The maximum Gasteiger partial charge on any atom is 0.243 e. The Bertz CT molecular complexity index is 2020. The van der Waals surface area contributed by atoms with Gasteiger partial charge in [-0.1, -0.05) is 90.0 Å². The first-order valence-corrected chi connectivity index (χ1v) is 15.0. The van der Waals surface area contributed by atoms with E-state index in [0.29, 0.717) is 9.92 Å². The number of aryl methyl sites for hydroxylation is 1. The number of sulfonamides is 1. The fraction of sp³-hybridized carbons (Fsp3) is 0.0882. The van der Waals surface area contributed by atoms with Crippen molar-refractivity contribution in [2.24, 2.45) is 0 Å². The highest BCUT2D eigenvalue weighted by molar-refractivity contribution is 7.89. The fourth-order valence-corrected chi connectivity index (χ4v) is 7.37. The monoisotopic (exact) mass is 560 g/mol. The van der Waals surface area contributed by atoms with Crippen molar-refractivity contribution >= 4 is 43.3 Å². The van der Waals surface area contributed by atoms with Gasteiger partial charge in [0.2, 0.25) is 10.0 Å². The lowest BCUT2D eigenvalue weighted by molar-refractivity contribution is 0.432. The summed E-state index contributed by atoms with van der Waals surface area (Å²) in [7, 11) is -3.73. The highest BCUT2D eigenvalue weighted by Gasteiger charge is 2.36. The van der Waals surface area contributed by atoms with Gasteiger partial charge in [0.05, 0.1) is 10.4 Å². The van der Waals surface area contributed by atoms with E-state index in [1.54, 1.807) is 16.4 Å². The molecule has 0 unspecified atom stereocenters. The molecular formula is C34H25ClN2O2S. The molecule has 6 heteroatoms. The summed E-state index contributed by atoms with van der Waals surface area (Å²) in [5.74, 6) is 0. The number of hydrogen-bond donors (Lipinski definition) is 0. The minimum atomic E-state index is -3.73. The molecule has 7 rings (SSSR count). The van der Waals surface area contributed by atoms with Crippen LogP contribution in [-0.4, -0.2) is 17.7 Å². The van der Waals surface area contributed by atoms with Crippen molar-refractivity contribution in [3.63, 3.8) is 0 Å². The maximum atomic E-state index is 14.0. The number of para-hydroxylation sites is 1. The second-order valence-electron chi connectivity index (χ2n) is 10.2. The smallest absolute Gasteiger partial charge is 0.243 e. The molecule has 0 spiro atoms. The molecule has 0 atom stereocenters. The summed E-state index contributed by atoms with van der Waals surface area (Å²) in [6, 6.07) is 33.2. The summed E-state index contributed by atoms with van der Waals surface area (Å²) in [6.07, 6.45) is 1.94. The molecule has 0 bridgehead atoms. The molecule has 0 radical (unpaired) electrons. The van der Waals surface area contributed by atoms with Gasteiger partial charge in [-0.25, -0.2) is 8.42 Å². The van der Waals surface area contributed by atoms with Crippen LogP contribution >= 0.6 is 11.6 Å². The number of pyridine rings is 1. The predicted molar refractivity (Wildman–Crippen MR) is 163 cm³/mol. The number of rotatable bonds is 4. The number of aromatic nitrogens is 1. The van der Waals surface area contributed by atoms with E-state index < -0.39 is 10.0 Å². The quantitative estimate of drug-likeness (QED) is 0.203. The standard InChI is InChI=1S/C34H25ClN2O2S/c1-22-11-17-26(18-12-22)40(38,39)37-20-29-30(21-37)33(24-13-15-25(35)16-14-24)34-27-9-5-6-10-31(27)36-19-28(34)32(29)23-7-3-2-4-8-23/h2-19H,20-21H2,1H3. The summed E-state index contributed by atoms with van der Waals surface area (Å²) >= 11 is 6.30. The van der Waals surface area contributed by atoms with Gasteiger partial charge >= 0.3 is 0 Å². The second-order valence-corrected chi connectivity index (χ2v) is 12.6. The minimum Gasteiger partial charge on any atom is -0.256 e. The van der Waals surface area contributed by atoms with E-state index in [9.17, 15) is 8.42 Å². The molecule has 1 aliphatic rings. The van der Waals surface area contributed by atoms with Crippen LogP contribution in [0, 0.1) is 6.92 Å². The van der Waals surface area contributed by atoms with Crippen molar-refractivity contribution in [1.82, 2.24) is 9.29 Å². The summed E-state index contributed by atoms with van der Waals surface area (Å²) in [5, 5.41) is 3.76. The third-order valence-electron chi connectivity index (χ3n) is 7.79. The van der Waals surface area contributed by atoms with E-state index in [0.717, 1.165) is 60.6 Å². The Hall–Kier alpha value is -4.03. The first-order valence-electron chi connectivity index (χ1n) is 13.1. The highest BCUT2D eigenvalue weighted by atomic mass is 35.5. The third kappa shape index (κ3) is 4.01. The Morgan fingerprint density at radius 2 is 1.32 bits per heavy atom. The molecule has 1 aliphatic heterocycles. The van der Waals surface area contributed by atoms with Crippen molar-refractivity contribution in [2.45, 2.75) is 24.9 Å². The third-order valence-corrected chi connectivity index (χ3v) is 9.84. The van der Waals surface area contributed by atoms with Crippen molar-refractivity contribution in [3.8, 4) is 22.3 Å². The molecule has 0 aliphatic carbocycles. The van der Waals surface area contributed by atoms with E-state index in [1.807, 2.05) is 85.9 Å². The van der Waals surface area contributed by atoms with Gasteiger partial charge in [0.1, 0.15) is 0 Å². The first-order chi connectivity index (χ1) is 19.4. The van der Waals surface area contributed by atoms with E-state index >= 15 is 0 Å². The van der Waals surface area contributed by atoms with Crippen LogP contribution in [0.5, 0.6) is 0 Å². The predicted octanol–water partition coefficient (Wildman–Crippen LogP) is 8.39. The van der Waals surface area contributed by atoms with Crippen molar-refractivity contribution in [3.05, 3.63) is 131 Å². The highest BCUT2D eigenvalue weighted by Crippen LogP contribution is 2.48. The molecule has 0 saturated carbocycles. The molecule has 0 N–H and O–H groups in total. The topological polar surface area (TPSA) is 50.3 Å². The van der Waals surface area contributed by atoms with Crippen molar-refractivity contribution in [2.75, 3.05) is 0 Å². The maximum absolute atomic E-state index is 14.0. The van der Waals surface area contributed by atoms with Gasteiger partial charge < -0.3 is 0 Å². The van der Waals surface area contributed by atoms with Crippen LogP contribution in [0.15, 0.2) is 114 Å². The number of fused-ring (bicyclic) bond motifs is 4. The van der Waals surface area contributed by atoms with Gasteiger partial charge in [-0.15, -0.1) is 0 Å². The number of nitrogens with zero attached hydrogens (tertiary/aromatic N) is 2. The van der Waals surface area contributed by atoms with Crippen LogP contribution in [0.2, 0.25) is 5.02 Å². The number of hydrogen-bond acceptors (Lipinski definition) is 3. The minimum absolute atomic E-state index is 0.274. The Labute approximate surface area is 238 Å². The van der Waals surface area contributed by atoms with Crippen LogP contribution < -0.4 is 0 Å². The molecule has 1 aromatic heterocycles. The first kappa shape index (κ1) is 25.0. The van der Waals surface area contributed by atoms with Gasteiger partial charge in [0.25, 0.3) is 0 Å². The average Bonchev–Trinajstić information content (AvgIpc) is 3.43. The number of halogens is 1. The molecule has 0 saturated heterocycles. The SMILES string of the molecule is Cc1ccc(S(=O)(=O)N2Cc3c(c(-c4ccc(Cl)cc4)c4c(cnc5ccccc54)c3-c3ccccc3)C2)cc1. The van der Waals surface area contributed by atoms with Crippen LogP contribution in [0.4, 0.5) is 0 Å². The normalized spacial score (nSPS) is 13.7. The van der Waals surface area contributed by atoms with Gasteiger partial charge in [-0.2, -0.15) is 4.31 Å². The molecule has 40 heavy (non-hydrogen) atoms. The Balaban J connectivity index is 1.58. The lowest BCUT2D eigenvalue weighted by Crippen LogP contribution is -2.25. The van der Waals surface area contributed by atoms with Crippen LogP contribution in [0.1, 0.15) is 16.7 Å². The molecule has 2 heterocycles. The van der Waals surface area contributed by atoms with Gasteiger partial charge in [-0.05, 0) is 70.6 Å².